The smallest absolute Gasteiger partial charge is 0.387 e. The Morgan fingerprint density at radius 2 is 1.05 bits per heavy atom. The van der Waals surface area contributed by atoms with Gasteiger partial charge in [0.25, 0.3) is 0 Å². The molecule has 3 N–H and O–H groups in total. The van der Waals surface area contributed by atoms with E-state index in [1.807, 2.05) is 39.4 Å². The van der Waals surface area contributed by atoms with Crippen LogP contribution in [0.1, 0.15) is 162 Å². The van der Waals surface area contributed by atoms with E-state index in [4.69, 9.17) is 9.05 Å². The number of aliphatic hydroxyl groups excluding tert-OH is 1. The molecule has 8 nitrogen and oxygen atoms in total. The maximum absolute atomic E-state index is 12.8. The fourth-order valence-corrected chi connectivity index (χ4v) is 6.56. The maximum Gasteiger partial charge on any atom is 0.472 e. The summed E-state index contributed by atoms with van der Waals surface area (Å²) in [7, 11) is 1.51. The summed E-state index contributed by atoms with van der Waals surface area (Å²) in [6.07, 6.45) is 53.8. The highest BCUT2D eigenvalue weighted by Gasteiger charge is 2.27. The molecule has 1 amide bonds. The van der Waals surface area contributed by atoms with E-state index in [0.29, 0.717) is 17.4 Å². The lowest BCUT2D eigenvalue weighted by atomic mass is 10.0. The summed E-state index contributed by atoms with van der Waals surface area (Å²) < 4.78 is 23.5. The zero-order chi connectivity index (χ0) is 42.1. The lowest BCUT2D eigenvalue weighted by Crippen LogP contribution is -2.45. The third kappa shape index (κ3) is 41.6. The van der Waals surface area contributed by atoms with Gasteiger partial charge in [-0.05, 0) is 57.8 Å². The number of phosphoric ester groups is 1. The summed E-state index contributed by atoms with van der Waals surface area (Å²) in [4.78, 5) is 23.1. The standard InChI is InChI=1S/C48H85N2O6P/c1-6-8-10-12-14-16-18-20-22-24-25-26-28-30-32-34-36-38-40-42-48(52)49-46(45-56-57(53,54)55-44-43-50(3,4)5)47(51)41-39-37-35-33-31-29-27-23-21-19-17-15-13-11-9-7-2/h8,10,14,16,20,22,25-26,30,32,36,38-39,41,46-47,51H,6-7,9,11-13,15,17-19,21,23-24,27-29,31,33-35,37,40,42-45H2,1-5H3,(H-,49,52,53,54)/p+1/b10-8-,16-14-,22-20-,26-25-,32-30-,38-36-,41-39+. The van der Waals surface area contributed by atoms with Crippen LogP contribution in [0.25, 0.3) is 0 Å². The van der Waals surface area contributed by atoms with Crippen molar-refractivity contribution in [3.05, 3.63) is 85.1 Å². The monoisotopic (exact) mass is 818 g/mol. The van der Waals surface area contributed by atoms with Crippen LogP contribution in [0.5, 0.6) is 0 Å². The first-order valence-electron chi connectivity index (χ1n) is 22.5. The van der Waals surface area contributed by atoms with Crippen molar-refractivity contribution in [2.24, 2.45) is 0 Å². The van der Waals surface area contributed by atoms with Crippen LogP contribution in [-0.2, 0) is 18.4 Å². The number of aliphatic hydroxyl groups is 1. The third-order valence-electron chi connectivity index (χ3n) is 9.38. The van der Waals surface area contributed by atoms with Gasteiger partial charge in [0.1, 0.15) is 13.2 Å². The van der Waals surface area contributed by atoms with Crippen LogP contribution in [0.3, 0.4) is 0 Å². The van der Waals surface area contributed by atoms with Gasteiger partial charge in [-0.15, -0.1) is 0 Å². The topological polar surface area (TPSA) is 105 Å². The molecule has 0 rings (SSSR count). The van der Waals surface area contributed by atoms with E-state index in [1.165, 1.54) is 77.0 Å². The Morgan fingerprint density at radius 1 is 0.614 bits per heavy atom. The van der Waals surface area contributed by atoms with Gasteiger partial charge in [0.15, 0.2) is 0 Å². The molecule has 0 aromatic heterocycles. The van der Waals surface area contributed by atoms with Crippen molar-refractivity contribution >= 4 is 13.7 Å². The Bertz CT molecular complexity index is 1200. The van der Waals surface area contributed by atoms with Gasteiger partial charge in [-0.2, -0.15) is 0 Å². The number of likely N-dealkylation sites (N-methyl/N-ethyl adjacent to an activating group) is 1. The Morgan fingerprint density at radius 3 is 1.51 bits per heavy atom. The van der Waals surface area contributed by atoms with Crippen molar-refractivity contribution in [1.82, 2.24) is 5.32 Å². The van der Waals surface area contributed by atoms with Crippen LogP contribution in [0, 0.1) is 0 Å². The molecular formula is C48H86N2O6P+. The second kappa shape index (κ2) is 39.2. The van der Waals surface area contributed by atoms with Crippen LogP contribution < -0.4 is 5.32 Å². The SMILES string of the molecule is CC/C=C\C/C=C\C/C=C\C/C=C\C/C=C\C/C=C\CCC(=O)NC(COP(=O)(O)OCC[N+](C)(C)C)C(O)/C=C/CCCCCCCCCCCCCCCC. The number of quaternary nitrogens is 1. The third-order valence-corrected chi connectivity index (χ3v) is 10.4. The molecule has 0 saturated heterocycles. The molecule has 0 aromatic rings. The van der Waals surface area contributed by atoms with Crippen LogP contribution in [0.4, 0.5) is 0 Å². The Labute approximate surface area is 350 Å². The second-order valence-corrected chi connectivity index (χ2v) is 17.5. The predicted molar refractivity (Wildman–Crippen MR) is 244 cm³/mol. The van der Waals surface area contributed by atoms with Gasteiger partial charge in [0.2, 0.25) is 5.91 Å². The van der Waals surface area contributed by atoms with E-state index in [-0.39, 0.29) is 25.5 Å². The molecule has 57 heavy (non-hydrogen) atoms. The first-order chi connectivity index (χ1) is 27.5. The van der Waals surface area contributed by atoms with E-state index in [1.54, 1.807) is 6.08 Å². The predicted octanol–water partition coefficient (Wildman–Crippen LogP) is 12.6. The normalized spacial score (nSPS) is 15.1. The molecule has 0 heterocycles. The van der Waals surface area contributed by atoms with Gasteiger partial charge in [-0.3, -0.25) is 13.8 Å². The minimum atomic E-state index is -4.36. The molecule has 0 aliphatic carbocycles. The van der Waals surface area contributed by atoms with Gasteiger partial charge in [0, 0.05) is 6.42 Å². The van der Waals surface area contributed by atoms with Gasteiger partial charge in [-0.25, -0.2) is 4.57 Å². The molecule has 0 spiro atoms. The van der Waals surface area contributed by atoms with Crippen LogP contribution >= 0.6 is 7.82 Å². The quantitative estimate of drug-likeness (QED) is 0.0247. The van der Waals surface area contributed by atoms with E-state index in [9.17, 15) is 19.4 Å². The fraction of sp³-hybridized carbons (Fsp3) is 0.688. The van der Waals surface area contributed by atoms with Crippen molar-refractivity contribution in [2.75, 3.05) is 40.9 Å². The van der Waals surface area contributed by atoms with Crippen LogP contribution in [0.2, 0.25) is 0 Å². The number of hydrogen-bond acceptors (Lipinski definition) is 5. The van der Waals surface area contributed by atoms with E-state index >= 15 is 0 Å². The average molecular weight is 818 g/mol. The highest BCUT2D eigenvalue weighted by atomic mass is 31.2. The Hall–Kier alpha value is -2.32. The fourth-order valence-electron chi connectivity index (χ4n) is 5.83. The number of rotatable bonds is 39. The summed E-state index contributed by atoms with van der Waals surface area (Å²) in [6.45, 7) is 4.62. The summed E-state index contributed by atoms with van der Waals surface area (Å²) in [5.41, 5.74) is 0. The first-order valence-corrected chi connectivity index (χ1v) is 24.0. The molecule has 0 radical (unpaired) electrons. The second-order valence-electron chi connectivity index (χ2n) is 16.0. The molecule has 0 aromatic carbocycles. The lowest BCUT2D eigenvalue weighted by molar-refractivity contribution is -0.870. The number of carbonyl (C=O) groups excluding carboxylic acids is 1. The van der Waals surface area contributed by atoms with Crippen molar-refractivity contribution < 1.29 is 32.9 Å². The number of phosphoric acid groups is 1. The number of unbranched alkanes of at least 4 members (excludes halogenated alkanes) is 14. The van der Waals surface area contributed by atoms with Gasteiger partial charge >= 0.3 is 7.82 Å². The molecule has 0 aliphatic rings. The maximum atomic E-state index is 12.8. The van der Waals surface area contributed by atoms with E-state index in [2.05, 4.69) is 79.9 Å². The summed E-state index contributed by atoms with van der Waals surface area (Å²) in [5.74, 6) is -0.263. The van der Waals surface area contributed by atoms with Crippen molar-refractivity contribution in [3.63, 3.8) is 0 Å². The van der Waals surface area contributed by atoms with Gasteiger partial charge in [0.05, 0.1) is 39.9 Å². The molecule has 328 valence electrons. The summed E-state index contributed by atoms with van der Waals surface area (Å²) in [5, 5.41) is 13.8. The largest absolute Gasteiger partial charge is 0.472 e. The van der Waals surface area contributed by atoms with E-state index < -0.39 is 20.0 Å². The number of carbonyl (C=O) groups is 1. The molecule has 3 unspecified atom stereocenters. The molecule has 9 heteroatoms. The number of nitrogens with zero attached hydrogens (tertiary/aromatic N) is 1. The van der Waals surface area contributed by atoms with E-state index in [0.717, 1.165) is 57.8 Å². The summed E-state index contributed by atoms with van der Waals surface area (Å²) in [6, 6.07) is -0.891. The number of allylic oxidation sites excluding steroid dienone is 13. The average Bonchev–Trinajstić information content (AvgIpc) is 3.16. The molecule has 0 fully saturated rings. The molecule has 0 aliphatic heterocycles. The number of hydrogen-bond donors (Lipinski definition) is 3. The Kier molecular flexibility index (Phi) is 37.6. The van der Waals surface area contributed by atoms with Crippen LogP contribution in [-0.4, -0.2) is 73.4 Å². The van der Waals surface area contributed by atoms with Crippen molar-refractivity contribution in [1.29, 1.82) is 0 Å². The minimum absolute atomic E-state index is 0.0436. The molecule has 0 bridgehead atoms. The van der Waals surface area contributed by atoms with Gasteiger partial charge in [-0.1, -0.05) is 182 Å². The lowest BCUT2D eigenvalue weighted by Gasteiger charge is -2.25. The van der Waals surface area contributed by atoms with Gasteiger partial charge < -0.3 is 19.8 Å². The van der Waals surface area contributed by atoms with Crippen molar-refractivity contribution in [3.8, 4) is 0 Å². The first kappa shape index (κ1) is 54.7. The molecular weight excluding hydrogens is 732 g/mol. The molecule has 0 saturated carbocycles. The van der Waals surface area contributed by atoms with Crippen molar-refractivity contribution in [2.45, 2.75) is 174 Å². The number of amides is 1. The zero-order valence-corrected chi connectivity index (χ0v) is 37.9. The summed E-state index contributed by atoms with van der Waals surface area (Å²) >= 11 is 0. The molecule has 3 atom stereocenters. The number of nitrogens with one attached hydrogen (secondary N) is 1. The highest BCUT2D eigenvalue weighted by Crippen LogP contribution is 2.43. The van der Waals surface area contributed by atoms with Crippen LogP contribution in [0.15, 0.2) is 85.1 Å². The zero-order valence-electron chi connectivity index (χ0n) is 37.0. The highest BCUT2D eigenvalue weighted by molar-refractivity contribution is 7.47. The minimum Gasteiger partial charge on any atom is -0.387 e. The Balaban J connectivity index is 4.58.